The van der Waals surface area contributed by atoms with Gasteiger partial charge in [-0.3, -0.25) is 4.40 Å². The van der Waals surface area contributed by atoms with Crippen LogP contribution >= 0.6 is 11.3 Å². The van der Waals surface area contributed by atoms with E-state index in [4.69, 9.17) is 4.74 Å². The van der Waals surface area contributed by atoms with Gasteiger partial charge in [0.2, 0.25) is 0 Å². The fourth-order valence-corrected chi connectivity index (χ4v) is 4.05. The number of aromatic nitrogens is 6. The van der Waals surface area contributed by atoms with Gasteiger partial charge in [0, 0.05) is 6.20 Å². The molecule has 0 bridgehead atoms. The van der Waals surface area contributed by atoms with Gasteiger partial charge in [-0.1, -0.05) is 12.1 Å². The molecule has 1 atom stereocenters. The largest absolute Gasteiger partial charge is 0.486 e. The summed E-state index contributed by atoms with van der Waals surface area (Å²) in [7, 11) is 0. The predicted octanol–water partition coefficient (Wildman–Crippen LogP) is 4.32. The van der Waals surface area contributed by atoms with Crippen molar-refractivity contribution in [3.05, 3.63) is 72.4 Å². The number of hydrogen-bond acceptors (Lipinski definition) is 6. The number of tetrazole rings is 1. The van der Waals surface area contributed by atoms with Gasteiger partial charge in [-0.25, -0.2) is 14.1 Å². The van der Waals surface area contributed by atoms with E-state index in [2.05, 4.69) is 26.6 Å². The molecule has 0 amide bonds. The smallest absolute Gasteiger partial charge is 0.165 e. The first-order chi connectivity index (χ1) is 14.7. The fraction of sp³-hybridized carbons (Fsp3) is 0.143. The minimum atomic E-state index is -0.412. The molecule has 0 spiro atoms. The molecule has 0 unspecified atom stereocenters. The molecule has 0 saturated heterocycles. The third-order valence-corrected chi connectivity index (χ3v) is 5.60. The van der Waals surface area contributed by atoms with Crippen molar-refractivity contribution in [2.75, 3.05) is 0 Å². The lowest BCUT2D eigenvalue weighted by molar-refractivity contribution is 0.185. The van der Waals surface area contributed by atoms with Gasteiger partial charge < -0.3 is 4.74 Å². The van der Waals surface area contributed by atoms with Crippen LogP contribution in [0.4, 0.5) is 4.39 Å². The molecule has 4 aromatic heterocycles. The third kappa shape index (κ3) is 3.55. The Morgan fingerprint density at radius 1 is 1.17 bits per heavy atom. The summed E-state index contributed by atoms with van der Waals surface area (Å²) in [5, 5.41) is 13.0. The SMILES string of the molecule is C[C@@H](Cn1cnnn1)Oc1cc(-c2ccc3ncc(-c4cccs4)n3c2)ccc1F. The number of halogens is 1. The van der Waals surface area contributed by atoms with Crippen molar-refractivity contribution in [3.63, 3.8) is 0 Å². The van der Waals surface area contributed by atoms with Crippen molar-refractivity contribution in [3.8, 4) is 27.4 Å². The monoisotopic (exact) mass is 420 g/mol. The lowest BCUT2D eigenvalue weighted by Crippen LogP contribution is -2.20. The Labute approximate surface area is 175 Å². The average Bonchev–Trinajstić information content (AvgIpc) is 3.50. The number of fused-ring (bicyclic) bond motifs is 1. The van der Waals surface area contributed by atoms with Crippen LogP contribution < -0.4 is 4.74 Å². The number of benzene rings is 1. The van der Waals surface area contributed by atoms with Crippen molar-refractivity contribution >= 4 is 17.0 Å². The quantitative estimate of drug-likeness (QED) is 0.409. The highest BCUT2D eigenvalue weighted by Gasteiger charge is 2.13. The molecule has 0 fully saturated rings. The van der Waals surface area contributed by atoms with Crippen LogP contribution in [0.1, 0.15) is 6.92 Å². The van der Waals surface area contributed by atoms with Crippen molar-refractivity contribution < 1.29 is 9.13 Å². The molecule has 0 aliphatic heterocycles. The summed E-state index contributed by atoms with van der Waals surface area (Å²) in [4.78, 5) is 5.62. The summed E-state index contributed by atoms with van der Waals surface area (Å²) < 4.78 is 23.8. The molecule has 5 rings (SSSR count). The first kappa shape index (κ1) is 18.4. The second kappa shape index (κ2) is 7.68. The number of ether oxygens (including phenoxy) is 1. The number of pyridine rings is 1. The third-order valence-electron chi connectivity index (χ3n) is 4.71. The van der Waals surface area contributed by atoms with E-state index in [1.807, 2.05) is 47.3 Å². The van der Waals surface area contributed by atoms with E-state index in [9.17, 15) is 4.39 Å². The number of thiophene rings is 1. The van der Waals surface area contributed by atoms with Gasteiger partial charge in [0.25, 0.3) is 0 Å². The van der Waals surface area contributed by atoms with Crippen LogP contribution in [-0.2, 0) is 6.54 Å². The molecule has 4 heterocycles. The molecular weight excluding hydrogens is 403 g/mol. The lowest BCUT2D eigenvalue weighted by atomic mass is 10.1. The molecular formula is C21H17FN6OS. The van der Waals surface area contributed by atoms with Gasteiger partial charge in [0.05, 0.1) is 23.3 Å². The highest BCUT2D eigenvalue weighted by molar-refractivity contribution is 7.13. The highest BCUT2D eigenvalue weighted by atomic mass is 32.1. The summed E-state index contributed by atoms with van der Waals surface area (Å²) in [6.07, 6.45) is 5.07. The Kier molecular flexibility index (Phi) is 4.72. The molecule has 0 aliphatic rings. The minimum Gasteiger partial charge on any atom is -0.486 e. The maximum Gasteiger partial charge on any atom is 0.165 e. The average molecular weight is 420 g/mol. The van der Waals surface area contributed by atoms with E-state index in [0.717, 1.165) is 27.3 Å². The van der Waals surface area contributed by atoms with Crippen LogP contribution in [0, 0.1) is 5.82 Å². The lowest BCUT2D eigenvalue weighted by Gasteiger charge is -2.16. The summed E-state index contributed by atoms with van der Waals surface area (Å²) >= 11 is 1.66. The Hall–Kier alpha value is -3.59. The number of nitrogens with zero attached hydrogens (tertiary/aromatic N) is 6. The summed E-state index contributed by atoms with van der Waals surface area (Å²) in [5.41, 5.74) is 3.68. The van der Waals surface area contributed by atoms with Crippen molar-refractivity contribution in [1.29, 1.82) is 0 Å². The molecule has 0 radical (unpaired) electrons. The zero-order valence-electron chi connectivity index (χ0n) is 16.0. The maximum absolute atomic E-state index is 14.4. The van der Waals surface area contributed by atoms with Gasteiger partial charge in [0.15, 0.2) is 11.6 Å². The van der Waals surface area contributed by atoms with Crippen LogP contribution in [0.5, 0.6) is 5.75 Å². The summed E-state index contributed by atoms with van der Waals surface area (Å²) in [6, 6.07) is 12.9. The van der Waals surface area contributed by atoms with E-state index >= 15 is 0 Å². The topological polar surface area (TPSA) is 70.1 Å². The molecule has 0 N–H and O–H groups in total. The summed E-state index contributed by atoms with van der Waals surface area (Å²) in [5.74, 6) is -0.220. The Balaban J connectivity index is 1.46. The zero-order chi connectivity index (χ0) is 20.5. The predicted molar refractivity (Wildman–Crippen MR) is 112 cm³/mol. The Morgan fingerprint density at radius 3 is 2.87 bits per heavy atom. The normalized spacial score (nSPS) is 12.3. The second-order valence-corrected chi connectivity index (χ2v) is 7.82. The maximum atomic E-state index is 14.4. The fourth-order valence-electron chi connectivity index (χ4n) is 3.31. The Morgan fingerprint density at radius 2 is 2.07 bits per heavy atom. The molecule has 7 nitrogen and oxygen atoms in total. The molecule has 30 heavy (non-hydrogen) atoms. The highest BCUT2D eigenvalue weighted by Crippen LogP contribution is 2.30. The van der Waals surface area contributed by atoms with Gasteiger partial charge in [0.1, 0.15) is 18.1 Å². The van der Waals surface area contributed by atoms with Crippen molar-refractivity contribution in [1.82, 2.24) is 29.6 Å². The van der Waals surface area contributed by atoms with Gasteiger partial charge in [-0.15, -0.1) is 16.4 Å². The Bertz CT molecular complexity index is 1280. The van der Waals surface area contributed by atoms with Crippen LogP contribution in [0.15, 0.2) is 66.6 Å². The van der Waals surface area contributed by atoms with Crippen LogP contribution in [0.25, 0.3) is 27.3 Å². The molecule has 0 saturated carbocycles. The standard InChI is InChI=1S/C21H17FN6OS/c1-14(11-27-13-24-25-26-27)29-19-9-15(4-6-17(19)22)16-5-7-21-23-10-18(28(21)12-16)20-3-2-8-30-20/h2-10,12-14H,11H2,1H3/t14-/m0/s1. The molecule has 5 aromatic rings. The number of rotatable bonds is 6. The second-order valence-electron chi connectivity index (χ2n) is 6.87. The number of hydrogen-bond donors (Lipinski definition) is 0. The van der Waals surface area contributed by atoms with E-state index in [0.29, 0.717) is 6.54 Å². The van der Waals surface area contributed by atoms with Gasteiger partial charge in [-0.2, -0.15) is 0 Å². The van der Waals surface area contributed by atoms with E-state index in [-0.39, 0.29) is 11.9 Å². The molecule has 1 aromatic carbocycles. The van der Waals surface area contributed by atoms with Gasteiger partial charge in [-0.05, 0) is 64.2 Å². The van der Waals surface area contributed by atoms with Crippen molar-refractivity contribution in [2.24, 2.45) is 0 Å². The molecule has 0 aliphatic carbocycles. The van der Waals surface area contributed by atoms with Crippen LogP contribution in [-0.4, -0.2) is 35.7 Å². The van der Waals surface area contributed by atoms with E-state index in [1.165, 1.54) is 12.4 Å². The number of imidazole rings is 1. The van der Waals surface area contributed by atoms with Crippen LogP contribution in [0.2, 0.25) is 0 Å². The molecule has 9 heteroatoms. The summed E-state index contributed by atoms with van der Waals surface area (Å²) in [6.45, 7) is 2.26. The van der Waals surface area contributed by atoms with E-state index in [1.54, 1.807) is 28.2 Å². The van der Waals surface area contributed by atoms with Gasteiger partial charge >= 0.3 is 0 Å². The van der Waals surface area contributed by atoms with Crippen molar-refractivity contribution in [2.45, 2.75) is 19.6 Å². The first-order valence-corrected chi connectivity index (χ1v) is 10.2. The first-order valence-electron chi connectivity index (χ1n) is 9.36. The van der Waals surface area contributed by atoms with E-state index < -0.39 is 5.82 Å². The minimum absolute atomic E-state index is 0.192. The molecule has 150 valence electrons. The van der Waals surface area contributed by atoms with Crippen LogP contribution in [0.3, 0.4) is 0 Å². The zero-order valence-corrected chi connectivity index (χ0v) is 16.8.